The van der Waals surface area contributed by atoms with Crippen LogP contribution in [0.2, 0.25) is 0 Å². The first kappa shape index (κ1) is 23.0. The maximum absolute atomic E-state index is 2.61. The summed E-state index contributed by atoms with van der Waals surface area (Å²) in [4.78, 5) is 0. The molecule has 0 spiro atoms. The van der Waals surface area contributed by atoms with Gasteiger partial charge in [0.05, 0.1) is 27.3 Å². The molecule has 0 aliphatic heterocycles. The van der Waals surface area contributed by atoms with Crippen molar-refractivity contribution in [3.63, 3.8) is 0 Å². The van der Waals surface area contributed by atoms with Crippen molar-refractivity contribution in [2.45, 2.75) is 79.1 Å². The van der Waals surface area contributed by atoms with E-state index in [-0.39, 0.29) is 0 Å². The molecule has 0 atom stereocenters. The van der Waals surface area contributed by atoms with Crippen molar-refractivity contribution < 1.29 is 4.57 Å². The summed E-state index contributed by atoms with van der Waals surface area (Å²) in [5, 5.41) is 6.97. The molecule has 1 aliphatic rings. The number of hydrogen-bond donors (Lipinski definition) is 0. The smallest absolute Gasteiger partial charge is 0.224 e. The zero-order chi connectivity index (χ0) is 25.8. The standard InChI is InChI=1S/C35H39N2/c1-20(2)24-8-9-29-27(18-24)28-16-21(3)22(4)31-33(28)37(29)30-19-26(23-10-13-35(5,6)14-11-23)17-25-12-15-36(7)34(31)32(25)30/h8-9,12,15-20,23H,10-11,13-14H2,1-7H3/q+1. The van der Waals surface area contributed by atoms with Crippen LogP contribution >= 0.6 is 0 Å². The van der Waals surface area contributed by atoms with Crippen LogP contribution in [0.1, 0.15) is 87.5 Å². The highest BCUT2D eigenvalue weighted by atomic mass is 15.0. The minimum absolute atomic E-state index is 0.480. The van der Waals surface area contributed by atoms with Crippen molar-refractivity contribution in [2.24, 2.45) is 12.5 Å². The molecule has 1 fully saturated rings. The van der Waals surface area contributed by atoms with Crippen LogP contribution in [0.4, 0.5) is 0 Å². The van der Waals surface area contributed by atoms with E-state index in [9.17, 15) is 0 Å². The Morgan fingerprint density at radius 1 is 0.892 bits per heavy atom. The summed E-state index contributed by atoms with van der Waals surface area (Å²) in [6, 6.07) is 17.0. The number of pyridine rings is 2. The van der Waals surface area contributed by atoms with E-state index < -0.39 is 0 Å². The third kappa shape index (κ3) is 3.20. The van der Waals surface area contributed by atoms with Gasteiger partial charge in [-0.15, -0.1) is 0 Å². The van der Waals surface area contributed by atoms with Gasteiger partial charge in [-0.05, 0) is 109 Å². The molecule has 0 N–H and O–H groups in total. The summed E-state index contributed by atoms with van der Waals surface area (Å²) in [7, 11) is 2.22. The molecule has 3 aromatic heterocycles. The minimum Gasteiger partial charge on any atom is -0.307 e. The van der Waals surface area contributed by atoms with Gasteiger partial charge in [0, 0.05) is 16.8 Å². The number of nitrogens with zero attached hydrogens (tertiary/aromatic N) is 2. The second-order valence-electron chi connectivity index (χ2n) is 13.1. The molecular formula is C35H39N2+. The van der Waals surface area contributed by atoms with Gasteiger partial charge in [0.15, 0.2) is 6.20 Å². The van der Waals surface area contributed by atoms with Crippen molar-refractivity contribution in [3.05, 3.63) is 70.9 Å². The van der Waals surface area contributed by atoms with Crippen molar-refractivity contribution in [1.82, 2.24) is 4.40 Å². The number of rotatable bonds is 2. The van der Waals surface area contributed by atoms with Gasteiger partial charge in [0.1, 0.15) is 7.05 Å². The molecule has 2 heteroatoms. The van der Waals surface area contributed by atoms with Crippen LogP contribution < -0.4 is 4.57 Å². The van der Waals surface area contributed by atoms with Gasteiger partial charge in [0.2, 0.25) is 5.52 Å². The summed E-state index contributed by atoms with van der Waals surface area (Å²) in [5.41, 5.74) is 11.7. The maximum atomic E-state index is 2.61. The Kier molecular flexibility index (Phi) is 4.79. The van der Waals surface area contributed by atoms with Gasteiger partial charge in [0.25, 0.3) is 0 Å². The van der Waals surface area contributed by atoms with Gasteiger partial charge in [-0.3, -0.25) is 0 Å². The molecule has 0 saturated heterocycles. The fraction of sp³-hybridized carbons (Fsp3) is 0.400. The summed E-state index contributed by atoms with van der Waals surface area (Å²) in [6.45, 7) is 14.1. The van der Waals surface area contributed by atoms with E-state index in [2.05, 4.69) is 106 Å². The number of fused-ring (bicyclic) bond motifs is 5. The fourth-order valence-electron chi connectivity index (χ4n) is 7.27. The second-order valence-corrected chi connectivity index (χ2v) is 13.1. The van der Waals surface area contributed by atoms with E-state index in [1.54, 1.807) is 0 Å². The van der Waals surface area contributed by atoms with E-state index in [1.807, 2.05) is 0 Å². The lowest BCUT2D eigenvalue weighted by Crippen LogP contribution is -2.29. The molecule has 7 rings (SSSR count). The van der Waals surface area contributed by atoms with E-state index >= 15 is 0 Å². The largest absolute Gasteiger partial charge is 0.307 e. The van der Waals surface area contributed by atoms with E-state index in [1.165, 1.54) is 96.9 Å². The molecule has 3 aromatic carbocycles. The molecule has 1 saturated carbocycles. The Hall–Kier alpha value is -3.13. The third-order valence-corrected chi connectivity index (χ3v) is 9.79. The van der Waals surface area contributed by atoms with Gasteiger partial charge in [-0.25, -0.2) is 4.57 Å². The Balaban J connectivity index is 1.68. The molecule has 0 bridgehead atoms. The lowest BCUT2D eigenvalue weighted by Gasteiger charge is -2.34. The summed E-state index contributed by atoms with van der Waals surface area (Å²) < 4.78 is 4.97. The van der Waals surface area contributed by atoms with Crippen LogP contribution in [0, 0.1) is 19.3 Å². The molecule has 2 nitrogen and oxygen atoms in total. The van der Waals surface area contributed by atoms with E-state index in [0.29, 0.717) is 17.3 Å². The fourth-order valence-corrected chi connectivity index (χ4v) is 7.27. The van der Waals surface area contributed by atoms with Crippen LogP contribution in [-0.4, -0.2) is 4.40 Å². The molecule has 188 valence electrons. The summed E-state index contributed by atoms with van der Waals surface area (Å²) in [5.74, 6) is 1.16. The number of benzene rings is 3. The molecule has 0 radical (unpaired) electrons. The molecule has 37 heavy (non-hydrogen) atoms. The molecule has 0 unspecified atom stereocenters. The molecule has 1 aliphatic carbocycles. The monoisotopic (exact) mass is 487 g/mol. The van der Waals surface area contributed by atoms with Gasteiger partial charge in [-0.2, -0.15) is 0 Å². The first-order chi connectivity index (χ1) is 17.6. The summed E-state index contributed by atoms with van der Waals surface area (Å²) >= 11 is 0. The molecule has 6 aromatic rings. The molecular weight excluding hydrogens is 448 g/mol. The Labute approximate surface area is 220 Å². The normalized spacial score (nSPS) is 17.0. The quantitative estimate of drug-likeness (QED) is 0.131. The van der Waals surface area contributed by atoms with Crippen molar-refractivity contribution in [3.8, 4) is 0 Å². The van der Waals surface area contributed by atoms with Crippen LogP contribution in [0.15, 0.2) is 48.7 Å². The minimum atomic E-state index is 0.480. The Morgan fingerprint density at radius 2 is 1.65 bits per heavy atom. The van der Waals surface area contributed by atoms with Crippen LogP contribution in [-0.2, 0) is 7.05 Å². The average Bonchev–Trinajstić information content (AvgIpc) is 3.18. The highest BCUT2D eigenvalue weighted by Gasteiger charge is 2.30. The van der Waals surface area contributed by atoms with Crippen molar-refractivity contribution in [2.75, 3.05) is 0 Å². The van der Waals surface area contributed by atoms with E-state index in [0.717, 1.165) is 0 Å². The number of aromatic nitrogens is 2. The third-order valence-electron chi connectivity index (χ3n) is 9.79. The number of aryl methyl sites for hydroxylation is 3. The Bertz CT molecular complexity index is 1850. The molecule has 0 amide bonds. The first-order valence-electron chi connectivity index (χ1n) is 14.2. The maximum Gasteiger partial charge on any atom is 0.224 e. The number of hydrogen-bond acceptors (Lipinski definition) is 0. The van der Waals surface area contributed by atoms with Crippen LogP contribution in [0.25, 0.3) is 49.0 Å². The first-order valence-corrected chi connectivity index (χ1v) is 14.2. The molecule has 3 heterocycles. The van der Waals surface area contributed by atoms with Gasteiger partial charge in [-0.1, -0.05) is 39.8 Å². The highest BCUT2D eigenvalue weighted by molar-refractivity contribution is 6.26. The predicted octanol–water partition coefficient (Wildman–Crippen LogP) is 9.24. The zero-order valence-electron chi connectivity index (χ0n) is 23.5. The van der Waals surface area contributed by atoms with E-state index in [4.69, 9.17) is 0 Å². The Morgan fingerprint density at radius 3 is 2.38 bits per heavy atom. The lowest BCUT2D eigenvalue weighted by atomic mass is 9.71. The predicted molar refractivity (Wildman–Crippen MR) is 158 cm³/mol. The highest BCUT2D eigenvalue weighted by Crippen LogP contribution is 2.46. The van der Waals surface area contributed by atoms with Crippen molar-refractivity contribution in [1.29, 1.82) is 0 Å². The van der Waals surface area contributed by atoms with Crippen LogP contribution in [0.3, 0.4) is 0 Å². The zero-order valence-corrected chi connectivity index (χ0v) is 23.5. The van der Waals surface area contributed by atoms with Gasteiger partial charge < -0.3 is 4.40 Å². The van der Waals surface area contributed by atoms with Gasteiger partial charge >= 0.3 is 0 Å². The van der Waals surface area contributed by atoms with Crippen LogP contribution in [0.5, 0.6) is 0 Å². The van der Waals surface area contributed by atoms with Crippen molar-refractivity contribution >= 4 is 49.0 Å². The second kappa shape index (κ2) is 7.69. The topological polar surface area (TPSA) is 8.29 Å². The SMILES string of the molecule is Cc1cc2c3cc(C(C)C)ccc3n3c4cc(C5CCC(C)(C)CC5)cc5cc[n+](C)c(c(c1C)c23)c54. The average molecular weight is 488 g/mol. The summed E-state index contributed by atoms with van der Waals surface area (Å²) in [6.07, 6.45) is 7.49. The lowest BCUT2D eigenvalue weighted by molar-refractivity contribution is -0.643.